The molecule has 1 saturated carbocycles. The summed E-state index contributed by atoms with van der Waals surface area (Å²) in [5, 5.41) is 0. The summed E-state index contributed by atoms with van der Waals surface area (Å²) in [5.41, 5.74) is 0.900. The lowest BCUT2D eigenvalue weighted by molar-refractivity contribution is 0.0940. The monoisotopic (exact) mass is 304 g/mol. The number of carbonyl (C=O) groups is 1. The predicted molar refractivity (Wildman–Crippen MR) is 88.8 cm³/mol. The third-order valence-electron chi connectivity index (χ3n) is 5.17. The summed E-state index contributed by atoms with van der Waals surface area (Å²) in [6.45, 7) is 4.61. The van der Waals surface area contributed by atoms with Crippen molar-refractivity contribution < 1.29 is 14.3 Å². The molecule has 0 bridgehead atoms. The molecule has 0 aliphatic heterocycles. The fourth-order valence-corrected chi connectivity index (χ4v) is 3.51. The van der Waals surface area contributed by atoms with Crippen LogP contribution in [-0.2, 0) is 0 Å². The average Bonchev–Trinajstić information content (AvgIpc) is 3.07. The maximum atomic E-state index is 12.6. The van der Waals surface area contributed by atoms with Gasteiger partial charge in [0, 0.05) is 12.5 Å². The molecule has 1 aliphatic rings. The highest BCUT2D eigenvalue weighted by molar-refractivity contribution is 5.98. The largest absolute Gasteiger partial charge is 0.497 e. The first-order valence-electron chi connectivity index (χ1n) is 8.23. The van der Waals surface area contributed by atoms with Gasteiger partial charge in [0.2, 0.25) is 0 Å². The lowest BCUT2D eigenvalue weighted by Gasteiger charge is -2.31. The summed E-state index contributed by atoms with van der Waals surface area (Å²) in [5.74, 6) is 2.23. The highest BCUT2D eigenvalue weighted by Crippen LogP contribution is 2.42. The van der Waals surface area contributed by atoms with Crippen molar-refractivity contribution in [2.45, 2.75) is 52.4 Å². The van der Waals surface area contributed by atoms with Crippen LogP contribution in [0.1, 0.15) is 62.7 Å². The van der Waals surface area contributed by atoms with Gasteiger partial charge in [0.25, 0.3) is 0 Å². The number of methoxy groups -OCH3 is 2. The van der Waals surface area contributed by atoms with Gasteiger partial charge < -0.3 is 9.47 Å². The molecular formula is C19H28O3. The van der Waals surface area contributed by atoms with E-state index in [1.165, 1.54) is 25.7 Å². The van der Waals surface area contributed by atoms with E-state index in [1.807, 2.05) is 12.1 Å². The molecule has 1 fully saturated rings. The molecule has 1 aromatic rings. The molecule has 0 spiro atoms. The minimum atomic E-state index is 0.158. The maximum Gasteiger partial charge on any atom is 0.166 e. The van der Waals surface area contributed by atoms with Gasteiger partial charge in [-0.25, -0.2) is 0 Å². The highest BCUT2D eigenvalue weighted by Gasteiger charge is 2.32. The zero-order chi connectivity index (χ0) is 16.2. The van der Waals surface area contributed by atoms with Gasteiger partial charge in [-0.05, 0) is 42.7 Å². The van der Waals surface area contributed by atoms with Crippen LogP contribution in [0, 0.1) is 11.3 Å². The van der Waals surface area contributed by atoms with Crippen LogP contribution in [0.4, 0.5) is 0 Å². The predicted octanol–water partition coefficient (Wildman–Crippen LogP) is 4.88. The summed E-state index contributed by atoms with van der Waals surface area (Å²) >= 11 is 0. The number of ketones is 1. The van der Waals surface area contributed by atoms with Crippen molar-refractivity contribution in [2.75, 3.05) is 14.2 Å². The topological polar surface area (TPSA) is 35.5 Å². The van der Waals surface area contributed by atoms with E-state index in [2.05, 4.69) is 13.8 Å². The molecule has 0 amide bonds. The summed E-state index contributed by atoms with van der Waals surface area (Å²) in [6.07, 6.45) is 6.82. The van der Waals surface area contributed by atoms with Crippen LogP contribution in [-0.4, -0.2) is 20.0 Å². The first-order chi connectivity index (χ1) is 10.5. The Balaban J connectivity index is 2.02. The number of benzene rings is 1. The van der Waals surface area contributed by atoms with Gasteiger partial charge in [-0.3, -0.25) is 4.79 Å². The minimum absolute atomic E-state index is 0.158. The Bertz CT molecular complexity index is 513. The fraction of sp³-hybridized carbons (Fsp3) is 0.632. The molecule has 22 heavy (non-hydrogen) atoms. The molecular weight excluding hydrogens is 276 g/mol. The smallest absolute Gasteiger partial charge is 0.166 e. The van der Waals surface area contributed by atoms with Gasteiger partial charge in [-0.1, -0.05) is 26.7 Å². The Morgan fingerprint density at radius 2 is 1.86 bits per heavy atom. The van der Waals surface area contributed by atoms with E-state index in [4.69, 9.17) is 9.47 Å². The number of rotatable bonds is 7. The van der Waals surface area contributed by atoms with E-state index in [9.17, 15) is 4.79 Å². The molecule has 0 atom stereocenters. The Labute approximate surface area is 134 Å². The van der Waals surface area contributed by atoms with E-state index in [0.29, 0.717) is 23.5 Å². The number of hydrogen-bond donors (Lipinski definition) is 0. The second kappa shape index (κ2) is 7.17. The van der Waals surface area contributed by atoms with Crippen molar-refractivity contribution in [2.24, 2.45) is 11.3 Å². The van der Waals surface area contributed by atoms with E-state index >= 15 is 0 Å². The van der Waals surface area contributed by atoms with Gasteiger partial charge in [0.1, 0.15) is 11.5 Å². The van der Waals surface area contributed by atoms with Crippen molar-refractivity contribution in [3.63, 3.8) is 0 Å². The molecule has 0 radical (unpaired) electrons. The van der Waals surface area contributed by atoms with Crippen molar-refractivity contribution in [3.8, 4) is 11.5 Å². The Morgan fingerprint density at radius 1 is 1.18 bits per heavy atom. The maximum absolute atomic E-state index is 12.6. The zero-order valence-electron chi connectivity index (χ0n) is 14.3. The molecule has 1 aliphatic carbocycles. The average molecular weight is 304 g/mol. The second-order valence-electron chi connectivity index (χ2n) is 6.96. The molecule has 0 heterocycles. The number of Topliss-reactive ketones (excluding diaryl/α,β-unsaturated/α-hetero) is 1. The number of ether oxygens (including phenoxy) is 2. The number of carbonyl (C=O) groups excluding carboxylic acids is 1. The van der Waals surface area contributed by atoms with Crippen molar-refractivity contribution >= 4 is 5.78 Å². The summed E-state index contributed by atoms with van der Waals surface area (Å²) < 4.78 is 10.5. The molecule has 0 N–H and O–H groups in total. The Hall–Kier alpha value is -1.51. The van der Waals surface area contributed by atoms with E-state index in [1.54, 1.807) is 20.3 Å². The van der Waals surface area contributed by atoms with Crippen molar-refractivity contribution in [1.82, 2.24) is 0 Å². The Kier molecular flexibility index (Phi) is 5.49. The summed E-state index contributed by atoms with van der Waals surface area (Å²) in [4.78, 5) is 12.6. The molecule has 3 heteroatoms. The summed E-state index contributed by atoms with van der Waals surface area (Å²) in [7, 11) is 3.20. The van der Waals surface area contributed by atoms with Gasteiger partial charge in [-0.15, -0.1) is 0 Å². The fourth-order valence-electron chi connectivity index (χ4n) is 3.51. The molecule has 2 rings (SSSR count). The first-order valence-corrected chi connectivity index (χ1v) is 8.23. The standard InChI is InChI=1S/C19H28O3/c1-19(2,14-7-5-6-8-14)12-11-17(20)16-10-9-15(21-3)13-18(16)22-4/h9-10,13-14H,5-8,11-12H2,1-4H3. The summed E-state index contributed by atoms with van der Waals surface area (Å²) in [6, 6.07) is 5.40. The van der Waals surface area contributed by atoms with Gasteiger partial charge in [0.15, 0.2) is 5.78 Å². The van der Waals surface area contributed by atoms with Gasteiger partial charge in [0.05, 0.1) is 19.8 Å². The van der Waals surface area contributed by atoms with Crippen LogP contribution in [0.3, 0.4) is 0 Å². The SMILES string of the molecule is COc1ccc(C(=O)CCC(C)(C)C2CCCC2)c(OC)c1. The third-order valence-corrected chi connectivity index (χ3v) is 5.17. The number of hydrogen-bond acceptors (Lipinski definition) is 3. The van der Waals surface area contributed by atoms with Crippen molar-refractivity contribution in [3.05, 3.63) is 23.8 Å². The normalized spacial score (nSPS) is 15.8. The zero-order valence-corrected chi connectivity index (χ0v) is 14.3. The molecule has 0 aromatic heterocycles. The molecule has 122 valence electrons. The van der Waals surface area contributed by atoms with E-state index in [-0.39, 0.29) is 11.2 Å². The second-order valence-corrected chi connectivity index (χ2v) is 6.96. The van der Waals surface area contributed by atoms with Gasteiger partial charge in [-0.2, -0.15) is 0 Å². The van der Waals surface area contributed by atoms with Crippen LogP contribution < -0.4 is 9.47 Å². The van der Waals surface area contributed by atoms with E-state index in [0.717, 1.165) is 12.3 Å². The molecule has 0 saturated heterocycles. The van der Waals surface area contributed by atoms with Crippen LogP contribution in [0.15, 0.2) is 18.2 Å². The van der Waals surface area contributed by atoms with Crippen LogP contribution in [0.5, 0.6) is 11.5 Å². The highest BCUT2D eigenvalue weighted by atomic mass is 16.5. The van der Waals surface area contributed by atoms with Crippen LogP contribution in [0.25, 0.3) is 0 Å². The van der Waals surface area contributed by atoms with E-state index < -0.39 is 0 Å². The van der Waals surface area contributed by atoms with Gasteiger partial charge >= 0.3 is 0 Å². The first kappa shape index (κ1) is 16.9. The Morgan fingerprint density at radius 3 is 2.45 bits per heavy atom. The third kappa shape index (κ3) is 3.82. The quantitative estimate of drug-likeness (QED) is 0.673. The van der Waals surface area contributed by atoms with Crippen LogP contribution in [0.2, 0.25) is 0 Å². The van der Waals surface area contributed by atoms with Crippen molar-refractivity contribution in [1.29, 1.82) is 0 Å². The lowest BCUT2D eigenvalue weighted by Crippen LogP contribution is -2.23. The molecule has 3 nitrogen and oxygen atoms in total. The minimum Gasteiger partial charge on any atom is -0.497 e. The molecule has 0 unspecified atom stereocenters. The molecule has 1 aromatic carbocycles. The van der Waals surface area contributed by atoms with Crippen LogP contribution >= 0.6 is 0 Å². The lowest BCUT2D eigenvalue weighted by atomic mass is 9.74.